The number of amides is 1. The largest absolute Gasteiger partial charge is 0.484 e. The zero-order valence-electron chi connectivity index (χ0n) is 14.8. The Balaban J connectivity index is 1.67. The fraction of sp³-hybridized carbons (Fsp3) is 0.316. The van der Waals surface area contributed by atoms with Gasteiger partial charge in [-0.25, -0.2) is 13.1 Å². The monoisotopic (exact) mass is 376 g/mol. The van der Waals surface area contributed by atoms with Gasteiger partial charge < -0.3 is 10.1 Å². The van der Waals surface area contributed by atoms with E-state index in [1.807, 2.05) is 24.3 Å². The summed E-state index contributed by atoms with van der Waals surface area (Å²) >= 11 is 0. The highest BCUT2D eigenvalue weighted by atomic mass is 32.2. The minimum absolute atomic E-state index is 0.106. The molecule has 0 unspecified atom stereocenters. The average Bonchev–Trinajstić information content (AvgIpc) is 2.66. The molecule has 1 amide bonds. The van der Waals surface area contributed by atoms with Crippen LogP contribution in [-0.4, -0.2) is 34.0 Å². The van der Waals surface area contributed by atoms with Crippen LogP contribution >= 0.6 is 0 Å². The molecule has 0 aliphatic heterocycles. The normalized spacial score (nSPS) is 11.1. The van der Waals surface area contributed by atoms with Crippen LogP contribution in [0.3, 0.4) is 0 Å². The van der Waals surface area contributed by atoms with Crippen LogP contribution < -0.4 is 14.8 Å². The van der Waals surface area contributed by atoms with E-state index >= 15 is 0 Å². The molecule has 2 aromatic rings. The molecule has 0 radical (unpaired) electrons. The first-order valence-corrected chi connectivity index (χ1v) is 10.0. The summed E-state index contributed by atoms with van der Waals surface area (Å²) in [7, 11) is -3.55. The number of carbonyl (C=O) groups is 1. The maximum atomic E-state index is 12.0. The van der Waals surface area contributed by atoms with Crippen LogP contribution in [-0.2, 0) is 21.2 Å². The Labute approximate surface area is 154 Å². The van der Waals surface area contributed by atoms with Gasteiger partial charge in [0.25, 0.3) is 5.91 Å². The predicted molar refractivity (Wildman–Crippen MR) is 101 cm³/mol. The molecular formula is C19H24N2O4S. The lowest BCUT2D eigenvalue weighted by Crippen LogP contribution is -2.36. The fourth-order valence-corrected chi connectivity index (χ4v) is 3.36. The third-order valence-electron chi connectivity index (χ3n) is 3.62. The summed E-state index contributed by atoms with van der Waals surface area (Å²) in [5.41, 5.74) is 1.23. The first-order chi connectivity index (χ1) is 12.5. The van der Waals surface area contributed by atoms with Gasteiger partial charge in [0.2, 0.25) is 10.0 Å². The number of ether oxygens (including phenoxy) is 1. The number of nitrogens with one attached hydrogen (secondary N) is 2. The van der Waals surface area contributed by atoms with Gasteiger partial charge in [0.1, 0.15) is 5.75 Å². The molecule has 0 fully saturated rings. The van der Waals surface area contributed by atoms with Gasteiger partial charge in [0.05, 0.1) is 4.90 Å². The van der Waals surface area contributed by atoms with E-state index in [0.717, 1.165) is 12.8 Å². The van der Waals surface area contributed by atoms with Crippen LogP contribution in [0.15, 0.2) is 59.5 Å². The van der Waals surface area contributed by atoms with Crippen LogP contribution in [0, 0.1) is 0 Å². The van der Waals surface area contributed by atoms with Crippen molar-refractivity contribution in [2.24, 2.45) is 0 Å². The van der Waals surface area contributed by atoms with E-state index in [0.29, 0.717) is 5.75 Å². The summed E-state index contributed by atoms with van der Waals surface area (Å²) in [6.45, 7) is 2.30. The van der Waals surface area contributed by atoms with Crippen molar-refractivity contribution in [3.63, 3.8) is 0 Å². The molecule has 0 bridgehead atoms. The first-order valence-electron chi connectivity index (χ1n) is 8.54. The standard InChI is InChI=1S/C19H24N2O4S/c1-2-6-16-9-11-17(12-10-16)25-15-19(22)20-13-14-21-26(23,24)18-7-4-3-5-8-18/h3-5,7-12,21H,2,6,13-15H2,1H3,(H,20,22). The Kier molecular flexibility index (Phi) is 7.62. The van der Waals surface area contributed by atoms with Gasteiger partial charge in [-0.1, -0.05) is 43.7 Å². The molecular weight excluding hydrogens is 352 g/mol. The van der Waals surface area contributed by atoms with Crippen molar-refractivity contribution in [3.05, 3.63) is 60.2 Å². The van der Waals surface area contributed by atoms with Crippen molar-refractivity contribution < 1.29 is 17.9 Å². The van der Waals surface area contributed by atoms with Crippen LogP contribution in [0.5, 0.6) is 5.75 Å². The summed E-state index contributed by atoms with van der Waals surface area (Å²) in [5, 5.41) is 2.62. The number of benzene rings is 2. The van der Waals surface area contributed by atoms with Gasteiger partial charge >= 0.3 is 0 Å². The summed E-state index contributed by atoms with van der Waals surface area (Å²) in [6.07, 6.45) is 2.09. The van der Waals surface area contributed by atoms with Gasteiger partial charge in [-0.2, -0.15) is 0 Å². The summed E-state index contributed by atoms with van der Waals surface area (Å²) in [5.74, 6) is 0.325. The van der Waals surface area contributed by atoms with E-state index in [1.54, 1.807) is 18.2 Å². The molecule has 2 N–H and O–H groups in total. The number of hydrogen-bond donors (Lipinski definition) is 2. The average molecular weight is 376 g/mol. The Morgan fingerprint density at radius 1 is 1.00 bits per heavy atom. The number of sulfonamides is 1. The summed E-state index contributed by atoms with van der Waals surface area (Å²) in [4.78, 5) is 12.0. The molecule has 0 heterocycles. The number of aryl methyl sites for hydroxylation is 1. The molecule has 140 valence electrons. The van der Waals surface area contributed by atoms with Gasteiger partial charge in [-0.3, -0.25) is 4.79 Å². The minimum Gasteiger partial charge on any atom is -0.484 e. The maximum absolute atomic E-state index is 12.0. The summed E-state index contributed by atoms with van der Waals surface area (Å²) in [6, 6.07) is 15.7. The molecule has 2 rings (SSSR count). The highest BCUT2D eigenvalue weighted by Crippen LogP contribution is 2.13. The molecule has 2 aromatic carbocycles. The van der Waals surface area contributed by atoms with E-state index in [1.165, 1.54) is 17.7 Å². The molecule has 6 nitrogen and oxygen atoms in total. The SMILES string of the molecule is CCCc1ccc(OCC(=O)NCCNS(=O)(=O)c2ccccc2)cc1. The summed E-state index contributed by atoms with van der Waals surface area (Å²) < 4.78 is 31.9. The molecule has 7 heteroatoms. The molecule has 0 aromatic heterocycles. The van der Waals surface area contributed by atoms with E-state index in [2.05, 4.69) is 17.0 Å². The minimum atomic E-state index is -3.55. The zero-order valence-corrected chi connectivity index (χ0v) is 15.6. The van der Waals surface area contributed by atoms with Crippen molar-refractivity contribution in [1.82, 2.24) is 10.0 Å². The van der Waals surface area contributed by atoms with Gasteiger partial charge in [0.15, 0.2) is 6.61 Å². The lowest BCUT2D eigenvalue weighted by atomic mass is 10.1. The Morgan fingerprint density at radius 2 is 1.69 bits per heavy atom. The molecule has 0 aliphatic carbocycles. The van der Waals surface area contributed by atoms with Crippen LogP contribution in [0.25, 0.3) is 0 Å². The number of hydrogen-bond acceptors (Lipinski definition) is 4. The molecule has 0 aliphatic rings. The van der Waals surface area contributed by atoms with E-state index in [9.17, 15) is 13.2 Å². The van der Waals surface area contributed by atoms with Crippen LogP contribution in [0.4, 0.5) is 0 Å². The lowest BCUT2D eigenvalue weighted by Gasteiger charge is -2.09. The van der Waals surface area contributed by atoms with Crippen molar-refractivity contribution in [1.29, 1.82) is 0 Å². The van der Waals surface area contributed by atoms with Gasteiger partial charge in [-0.05, 0) is 36.2 Å². The van der Waals surface area contributed by atoms with Crippen molar-refractivity contribution in [2.75, 3.05) is 19.7 Å². The van der Waals surface area contributed by atoms with E-state index in [-0.39, 0.29) is 30.5 Å². The molecule has 0 atom stereocenters. The lowest BCUT2D eigenvalue weighted by molar-refractivity contribution is -0.123. The van der Waals surface area contributed by atoms with Gasteiger partial charge in [-0.15, -0.1) is 0 Å². The van der Waals surface area contributed by atoms with Crippen LogP contribution in [0.2, 0.25) is 0 Å². The van der Waals surface area contributed by atoms with Crippen molar-refractivity contribution in [3.8, 4) is 5.75 Å². The highest BCUT2D eigenvalue weighted by Gasteiger charge is 2.12. The second-order valence-corrected chi connectivity index (χ2v) is 7.51. The highest BCUT2D eigenvalue weighted by molar-refractivity contribution is 7.89. The second-order valence-electron chi connectivity index (χ2n) is 5.74. The molecule has 0 spiro atoms. The van der Waals surface area contributed by atoms with Crippen molar-refractivity contribution >= 4 is 15.9 Å². The number of rotatable bonds is 10. The van der Waals surface area contributed by atoms with Crippen LogP contribution in [0.1, 0.15) is 18.9 Å². The fourth-order valence-electron chi connectivity index (χ4n) is 2.31. The van der Waals surface area contributed by atoms with Crippen molar-refractivity contribution in [2.45, 2.75) is 24.7 Å². The Bertz CT molecular complexity index is 790. The molecule has 0 saturated heterocycles. The quantitative estimate of drug-likeness (QED) is 0.622. The van der Waals surface area contributed by atoms with Gasteiger partial charge in [0, 0.05) is 13.1 Å². The second kappa shape index (κ2) is 9.94. The third kappa shape index (κ3) is 6.50. The molecule has 0 saturated carbocycles. The topological polar surface area (TPSA) is 84.5 Å². The Morgan fingerprint density at radius 3 is 2.35 bits per heavy atom. The maximum Gasteiger partial charge on any atom is 0.257 e. The van der Waals surface area contributed by atoms with E-state index in [4.69, 9.17) is 4.74 Å². The van der Waals surface area contributed by atoms with E-state index < -0.39 is 10.0 Å². The molecule has 26 heavy (non-hydrogen) atoms. The predicted octanol–water partition coefficient (Wildman–Crippen LogP) is 2.11. The third-order valence-corrected chi connectivity index (χ3v) is 5.10. The smallest absolute Gasteiger partial charge is 0.257 e. The number of carbonyl (C=O) groups excluding carboxylic acids is 1. The zero-order chi connectivity index (χ0) is 18.8. The Hall–Kier alpha value is -2.38. The first kappa shape index (κ1) is 19.9.